The number of para-hydroxylation sites is 1. The van der Waals surface area contributed by atoms with Crippen molar-refractivity contribution >= 4 is 5.91 Å². The van der Waals surface area contributed by atoms with E-state index in [9.17, 15) is 9.59 Å². The largest absolute Gasteiger partial charge is 0.346 e. The smallest absolute Gasteiger partial charge is 0.272 e. The monoisotopic (exact) mass is 362 g/mol. The van der Waals surface area contributed by atoms with Crippen LogP contribution >= 0.6 is 0 Å². The van der Waals surface area contributed by atoms with Crippen molar-refractivity contribution in [1.29, 1.82) is 0 Å². The van der Waals surface area contributed by atoms with Crippen LogP contribution in [0.25, 0.3) is 5.69 Å². The minimum absolute atomic E-state index is 0.159. The van der Waals surface area contributed by atoms with E-state index in [0.717, 1.165) is 47.5 Å². The van der Waals surface area contributed by atoms with Crippen LogP contribution < -0.4 is 10.9 Å². The summed E-state index contributed by atoms with van der Waals surface area (Å²) >= 11 is 0. The van der Waals surface area contributed by atoms with Gasteiger partial charge in [-0.05, 0) is 56.9 Å². The number of hydrogen-bond acceptors (Lipinski definition) is 3. The lowest BCUT2D eigenvalue weighted by atomic mass is 10.1. The molecule has 0 radical (unpaired) electrons. The summed E-state index contributed by atoms with van der Waals surface area (Å²) in [5.41, 5.74) is 5.65. The highest BCUT2D eigenvalue weighted by molar-refractivity contribution is 5.94. The molecule has 2 heterocycles. The molecule has 3 aromatic rings. The number of pyridine rings is 1. The Bertz CT molecular complexity index is 1060. The molecule has 1 aliphatic carbocycles. The molecule has 1 aromatic carbocycles. The molecule has 2 N–H and O–H groups in total. The van der Waals surface area contributed by atoms with Crippen LogP contribution in [-0.4, -0.2) is 20.7 Å². The fraction of sp³-hybridized carbons (Fsp3) is 0.286. The maximum absolute atomic E-state index is 12.8. The van der Waals surface area contributed by atoms with Crippen molar-refractivity contribution in [3.05, 3.63) is 80.5 Å². The zero-order valence-electron chi connectivity index (χ0n) is 15.5. The highest BCUT2D eigenvalue weighted by Gasteiger charge is 2.27. The Morgan fingerprint density at radius 3 is 2.74 bits per heavy atom. The molecule has 0 saturated heterocycles. The molecular weight excluding hydrogens is 340 g/mol. The molecule has 2 aromatic heterocycles. The lowest BCUT2D eigenvalue weighted by Crippen LogP contribution is -2.28. The van der Waals surface area contributed by atoms with E-state index in [1.54, 1.807) is 0 Å². The molecule has 0 unspecified atom stereocenters. The molecule has 27 heavy (non-hydrogen) atoms. The number of aromatic amines is 1. The van der Waals surface area contributed by atoms with E-state index in [1.807, 2.05) is 54.9 Å². The zero-order valence-corrected chi connectivity index (χ0v) is 15.5. The first kappa shape index (κ1) is 17.3. The second-order valence-electron chi connectivity index (χ2n) is 7.00. The van der Waals surface area contributed by atoms with Crippen molar-refractivity contribution in [2.24, 2.45) is 0 Å². The summed E-state index contributed by atoms with van der Waals surface area (Å²) in [6.45, 7) is 3.91. The van der Waals surface area contributed by atoms with Gasteiger partial charge in [-0.2, -0.15) is 5.10 Å². The van der Waals surface area contributed by atoms with Crippen LogP contribution in [0.5, 0.6) is 0 Å². The first-order valence-corrected chi connectivity index (χ1v) is 9.18. The number of nitrogens with one attached hydrogen (secondary N) is 2. The maximum Gasteiger partial charge on any atom is 0.272 e. The molecule has 0 atom stereocenters. The molecule has 0 aliphatic heterocycles. The fourth-order valence-corrected chi connectivity index (χ4v) is 3.76. The molecule has 0 spiro atoms. The van der Waals surface area contributed by atoms with Gasteiger partial charge < -0.3 is 10.3 Å². The Morgan fingerprint density at radius 2 is 2.00 bits per heavy atom. The Kier molecular flexibility index (Phi) is 4.39. The third-order valence-corrected chi connectivity index (χ3v) is 5.07. The minimum atomic E-state index is -0.234. The number of fused-ring (bicyclic) bond motifs is 1. The minimum Gasteiger partial charge on any atom is -0.346 e. The molecule has 6 heteroatoms. The van der Waals surface area contributed by atoms with Crippen LogP contribution in [0.1, 0.15) is 45.0 Å². The van der Waals surface area contributed by atoms with Gasteiger partial charge >= 0.3 is 0 Å². The number of aryl methyl sites for hydroxylation is 2. The number of carbonyl (C=O) groups is 1. The van der Waals surface area contributed by atoms with E-state index in [4.69, 9.17) is 0 Å². The molecule has 1 aliphatic rings. The molecule has 0 saturated carbocycles. The Balaban J connectivity index is 1.61. The van der Waals surface area contributed by atoms with E-state index in [-0.39, 0.29) is 18.0 Å². The van der Waals surface area contributed by atoms with Crippen molar-refractivity contribution in [1.82, 2.24) is 20.1 Å². The summed E-state index contributed by atoms with van der Waals surface area (Å²) in [5, 5.41) is 7.47. The second-order valence-corrected chi connectivity index (χ2v) is 7.00. The van der Waals surface area contributed by atoms with E-state index in [2.05, 4.69) is 15.4 Å². The van der Waals surface area contributed by atoms with Crippen LogP contribution in [0, 0.1) is 13.8 Å². The highest BCUT2D eigenvalue weighted by atomic mass is 16.2. The number of nitrogens with zero attached hydrogens (tertiary/aromatic N) is 2. The Hall–Kier alpha value is -3.15. The van der Waals surface area contributed by atoms with Crippen molar-refractivity contribution in [3.63, 3.8) is 0 Å². The number of carbonyl (C=O) groups excluding carboxylic acids is 1. The normalized spacial score (nSPS) is 12.8. The van der Waals surface area contributed by atoms with Gasteiger partial charge in [0.1, 0.15) is 0 Å². The van der Waals surface area contributed by atoms with E-state index in [1.165, 1.54) is 0 Å². The summed E-state index contributed by atoms with van der Waals surface area (Å²) < 4.78 is 1.88. The molecule has 0 bridgehead atoms. The fourth-order valence-electron chi connectivity index (χ4n) is 3.76. The van der Waals surface area contributed by atoms with Gasteiger partial charge in [-0.25, -0.2) is 4.68 Å². The predicted octanol–water partition coefficient (Wildman–Crippen LogP) is 2.60. The summed E-state index contributed by atoms with van der Waals surface area (Å²) in [6, 6.07) is 11.8. The second kappa shape index (κ2) is 6.87. The average molecular weight is 362 g/mol. The van der Waals surface area contributed by atoms with Crippen molar-refractivity contribution in [3.8, 4) is 5.69 Å². The van der Waals surface area contributed by atoms with Gasteiger partial charge in [0.2, 0.25) is 0 Å². The molecule has 0 fully saturated rings. The van der Waals surface area contributed by atoms with Crippen LogP contribution in [0.15, 0.2) is 41.2 Å². The molecule has 4 rings (SSSR count). The summed E-state index contributed by atoms with van der Waals surface area (Å²) in [4.78, 5) is 27.8. The summed E-state index contributed by atoms with van der Waals surface area (Å²) in [6.07, 6.45) is 2.80. The van der Waals surface area contributed by atoms with Crippen molar-refractivity contribution in [2.45, 2.75) is 39.7 Å². The van der Waals surface area contributed by atoms with Crippen LogP contribution in [0.4, 0.5) is 0 Å². The zero-order chi connectivity index (χ0) is 19.0. The van der Waals surface area contributed by atoms with Gasteiger partial charge in [0.05, 0.1) is 5.69 Å². The van der Waals surface area contributed by atoms with Gasteiger partial charge in [-0.15, -0.1) is 0 Å². The van der Waals surface area contributed by atoms with Crippen LogP contribution in [-0.2, 0) is 19.4 Å². The number of rotatable bonds is 4. The third kappa shape index (κ3) is 3.18. The van der Waals surface area contributed by atoms with Gasteiger partial charge in [-0.1, -0.05) is 18.2 Å². The maximum atomic E-state index is 12.8. The number of benzene rings is 1. The third-order valence-electron chi connectivity index (χ3n) is 5.07. The lowest BCUT2D eigenvalue weighted by Gasteiger charge is -2.08. The van der Waals surface area contributed by atoms with Gasteiger partial charge in [-0.3, -0.25) is 9.59 Å². The summed E-state index contributed by atoms with van der Waals surface area (Å²) in [5.74, 6) is -0.234. The van der Waals surface area contributed by atoms with Crippen LogP contribution in [0.2, 0.25) is 0 Å². The molecular formula is C21H22N4O2. The number of hydrogen-bond donors (Lipinski definition) is 2. The van der Waals surface area contributed by atoms with E-state index < -0.39 is 0 Å². The standard InChI is InChI=1S/C21H22N4O2/c1-13-11-14(2)23-20(26)17(13)12-22-21(27)19-16-9-6-10-18(16)25(24-19)15-7-4-3-5-8-15/h3-5,7-8,11H,6,9-10,12H2,1-2H3,(H,22,27)(H,23,26). The van der Waals surface area contributed by atoms with Gasteiger partial charge in [0.25, 0.3) is 11.5 Å². The summed E-state index contributed by atoms with van der Waals surface area (Å²) in [7, 11) is 0. The first-order chi connectivity index (χ1) is 13.0. The predicted molar refractivity (Wildman–Crippen MR) is 103 cm³/mol. The number of H-pyrrole nitrogens is 1. The first-order valence-electron chi connectivity index (χ1n) is 9.18. The SMILES string of the molecule is Cc1cc(C)c(CNC(=O)c2nn(-c3ccccc3)c3c2CCC3)c(=O)[nH]1. The van der Waals surface area contributed by atoms with E-state index in [0.29, 0.717) is 11.3 Å². The lowest BCUT2D eigenvalue weighted by molar-refractivity contribution is 0.0944. The average Bonchev–Trinajstić information content (AvgIpc) is 3.23. The number of amides is 1. The molecule has 1 amide bonds. The quantitative estimate of drug-likeness (QED) is 0.749. The number of aromatic nitrogens is 3. The Labute approximate surface area is 157 Å². The van der Waals surface area contributed by atoms with Crippen molar-refractivity contribution in [2.75, 3.05) is 0 Å². The van der Waals surface area contributed by atoms with Crippen LogP contribution in [0.3, 0.4) is 0 Å². The molecule has 6 nitrogen and oxygen atoms in total. The Morgan fingerprint density at radius 1 is 1.22 bits per heavy atom. The molecule has 138 valence electrons. The van der Waals surface area contributed by atoms with Gasteiger partial charge in [0, 0.05) is 29.1 Å². The van der Waals surface area contributed by atoms with E-state index >= 15 is 0 Å². The van der Waals surface area contributed by atoms with Crippen molar-refractivity contribution < 1.29 is 4.79 Å². The topological polar surface area (TPSA) is 79.8 Å². The highest BCUT2D eigenvalue weighted by Crippen LogP contribution is 2.27. The van der Waals surface area contributed by atoms with Gasteiger partial charge in [0.15, 0.2) is 5.69 Å².